The zero-order chi connectivity index (χ0) is 28.9. The Kier molecular flexibility index (Phi) is 8.20. The molecular weight excluding hydrogens is 548 g/mol. The van der Waals surface area contributed by atoms with Crippen molar-refractivity contribution in [3.63, 3.8) is 0 Å². The van der Waals surface area contributed by atoms with E-state index in [-0.39, 0.29) is 29.8 Å². The van der Waals surface area contributed by atoms with Crippen LogP contribution in [0.4, 0.5) is 27.9 Å². The predicted molar refractivity (Wildman–Crippen MR) is 150 cm³/mol. The van der Waals surface area contributed by atoms with Crippen molar-refractivity contribution in [1.82, 2.24) is 30.2 Å². The topological polar surface area (TPSA) is 192 Å². The van der Waals surface area contributed by atoms with Gasteiger partial charge in [0.15, 0.2) is 17.2 Å². The lowest BCUT2D eigenvalue weighted by Gasteiger charge is -2.40. The number of ether oxygens (including phenoxy) is 1. The van der Waals surface area contributed by atoms with Crippen molar-refractivity contribution in [3.8, 4) is 18.2 Å². The van der Waals surface area contributed by atoms with Gasteiger partial charge in [0.1, 0.15) is 6.07 Å². The minimum Gasteiger partial charge on any atom is -0.453 e. The van der Waals surface area contributed by atoms with Gasteiger partial charge in [0.25, 0.3) is 0 Å². The first-order valence-corrected chi connectivity index (χ1v) is 13.4. The van der Waals surface area contributed by atoms with Gasteiger partial charge in [-0.25, -0.2) is 9.78 Å². The predicted octanol–water partition coefficient (Wildman–Crippen LogP) is 2.65. The van der Waals surface area contributed by atoms with Crippen molar-refractivity contribution in [2.75, 3.05) is 42.3 Å². The normalized spacial score (nSPS) is 18.2. The number of fused-ring (bicyclic) bond motifs is 1. The van der Waals surface area contributed by atoms with Crippen LogP contribution < -0.4 is 26.2 Å². The summed E-state index contributed by atoms with van der Waals surface area (Å²) < 4.78 is 6.20. The summed E-state index contributed by atoms with van der Waals surface area (Å²) in [6.07, 6.45) is 3.82. The molecule has 1 aromatic carbocycles. The van der Waals surface area contributed by atoms with Gasteiger partial charge in [-0.1, -0.05) is 11.6 Å². The molecule has 2 atom stereocenters. The molecule has 15 heteroatoms. The summed E-state index contributed by atoms with van der Waals surface area (Å²) >= 11 is 6.92. The van der Waals surface area contributed by atoms with Crippen LogP contribution >= 0.6 is 11.6 Å². The molecule has 1 saturated carbocycles. The van der Waals surface area contributed by atoms with E-state index in [1.165, 1.54) is 17.8 Å². The number of hydrogen-bond acceptors (Lipinski definition) is 12. The maximum atomic E-state index is 11.9. The van der Waals surface area contributed by atoms with Gasteiger partial charge in [0, 0.05) is 38.1 Å². The van der Waals surface area contributed by atoms with Crippen LogP contribution in [-0.4, -0.2) is 70.5 Å². The molecule has 1 aliphatic heterocycles. The smallest absolute Gasteiger partial charge is 0.407 e. The first-order chi connectivity index (χ1) is 19.9. The zero-order valence-electron chi connectivity index (χ0n) is 22.2. The van der Waals surface area contributed by atoms with E-state index in [4.69, 9.17) is 21.6 Å². The Morgan fingerprint density at radius 2 is 2.02 bits per heavy atom. The van der Waals surface area contributed by atoms with Crippen molar-refractivity contribution in [2.45, 2.75) is 43.8 Å². The highest BCUT2D eigenvalue weighted by Gasteiger charge is 2.32. The van der Waals surface area contributed by atoms with Crippen molar-refractivity contribution in [3.05, 3.63) is 34.6 Å². The maximum absolute atomic E-state index is 11.9. The summed E-state index contributed by atoms with van der Waals surface area (Å²) in [6, 6.07) is 9.55. The Bertz CT molecular complexity index is 1580. The van der Waals surface area contributed by atoms with Gasteiger partial charge in [-0.05, 0) is 31.4 Å². The van der Waals surface area contributed by atoms with Crippen LogP contribution in [0.25, 0.3) is 5.65 Å². The Hall–Kier alpha value is -4.84. The monoisotopic (exact) mass is 574 g/mol. The van der Waals surface area contributed by atoms with Crippen LogP contribution in [0.1, 0.15) is 36.9 Å². The quantitative estimate of drug-likeness (QED) is 0.273. The number of alkyl carbamates (subject to hydrolysis) is 1. The fourth-order valence-corrected chi connectivity index (χ4v) is 4.99. The number of aromatic nitrogens is 4. The van der Waals surface area contributed by atoms with Crippen LogP contribution in [0.15, 0.2) is 18.3 Å². The van der Waals surface area contributed by atoms with Crippen LogP contribution in [0, 0.1) is 34.0 Å². The third kappa shape index (κ3) is 6.17. The number of hydrogen-bond donors (Lipinski definition) is 4. The molecule has 210 valence electrons. The van der Waals surface area contributed by atoms with E-state index >= 15 is 0 Å². The number of imidazole rings is 1. The van der Waals surface area contributed by atoms with Gasteiger partial charge in [0.2, 0.25) is 5.95 Å². The molecule has 4 N–H and O–H groups in total. The largest absolute Gasteiger partial charge is 0.453 e. The van der Waals surface area contributed by atoms with Crippen LogP contribution in [0.3, 0.4) is 0 Å². The fourth-order valence-electron chi connectivity index (χ4n) is 4.72. The number of anilines is 4. The summed E-state index contributed by atoms with van der Waals surface area (Å²) in [5.41, 5.74) is 2.10. The van der Waals surface area contributed by atoms with E-state index < -0.39 is 6.09 Å². The van der Waals surface area contributed by atoms with Crippen LogP contribution in [-0.2, 0) is 4.74 Å². The number of nitriles is 3. The molecule has 0 spiro atoms. The van der Waals surface area contributed by atoms with Gasteiger partial charge < -0.3 is 30.9 Å². The first kappa shape index (κ1) is 27.7. The summed E-state index contributed by atoms with van der Waals surface area (Å²) in [6.45, 7) is 1.44. The number of carbonyl (C=O) groups excluding carboxylic acids is 1. The van der Waals surface area contributed by atoms with Crippen molar-refractivity contribution >= 4 is 46.5 Å². The molecule has 2 aliphatic rings. The van der Waals surface area contributed by atoms with E-state index in [0.29, 0.717) is 65.9 Å². The Morgan fingerprint density at radius 3 is 2.73 bits per heavy atom. The number of piperidine rings is 1. The SMILES string of the molecule is COC(=O)N[C@H]1CCN(c2cc(C#N)cc(Nc3nc(NC4CC4)c4ncc(C#N)n4n3)c2Cl)C[C@@H]1NCCC#N. The lowest BCUT2D eigenvalue weighted by Crippen LogP contribution is -2.59. The average molecular weight is 575 g/mol. The molecule has 1 saturated heterocycles. The lowest BCUT2D eigenvalue weighted by molar-refractivity contribution is 0.160. The van der Waals surface area contributed by atoms with Gasteiger partial charge in [-0.15, -0.1) is 5.10 Å². The third-order valence-corrected chi connectivity index (χ3v) is 7.31. The summed E-state index contributed by atoms with van der Waals surface area (Å²) in [5.74, 6) is 0.667. The number of carbonyl (C=O) groups is 1. The molecule has 2 fully saturated rings. The van der Waals surface area contributed by atoms with Gasteiger partial charge in [0.05, 0.1) is 53.4 Å². The Labute approximate surface area is 240 Å². The average Bonchev–Trinajstić information content (AvgIpc) is 3.70. The number of amides is 1. The van der Waals surface area contributed by atoms with E-state index in [1.54, 1.807) is 12.1 Å². The van der Waals surface area contributed by atoms with Crippen molar-refractivity contribution in [2.24, 2.45) is 0 Å². The number of benzene rings is 1. The van der Waals surface area contributed by atoms with Crippen molar-refractivity contribution < 1.29 is 9.53 Å². The Balaban J connectivity index is 1.45. The van der Waals surface area contributed by atoms with Gasteiger partial charge in [-0.2, -0.15) is 25.3 Å². The highest BCUT2D eigenvalue weighted by molar-refractivity contribution is 6.36. The van der Waals surface area contributed by atoms with Gasteiger partial charge in [-0.3, -0.25) is 0 Å². The summed E-state index contributed by atoms with van der Waals surface area (Å²) in [4.78, 5) is 22.8. The first-order valence-electron chi connectivity index (χ1n) is 13.1. The van der Waals surface area contributed by atoms with Gasteiger partial charge >= 0.3 is 6.09 Å². The number of methoxy groups -OCH3 is 1. The number of nitrogens with one attached hydrogen (secondary N) is 4. The third-order valence-electron chi connectivity index (χ3n) is 6.91. The molecule has 1 amide bonds. The van der Waals surface area contributed by atoms with Crippen LogP contribution in [0.5, 0.6) is 0 Å². The molecule has 0 radical (unpaired) electrons. The summed E-state index contributed by atoms with van der Waals surface area (Å²) in [5, 5.41) is 45.8. The van der Waals surface area contributed by atoms with Crippen LogP contribution in [0.2, 0.25) is 5.02 Å². The highest BCUT2D eigenvalue weighted by atomic mass is 35.5. The standard InChI is InChI=1S/C26H27ClN12O2/c1-41-26(40)35-18-5-8-38(14-20(18)31-7-2-6-28)21-10-15(11-29)9-19(22(21)27)34-25-36-23(33-16-3-4-16)24-32-13-17(12-30)39(24)37-25/h9-10,13,16,18,20,31H,2-5,7-8,14H2,1H3,(H,35,40)(H2,33,34,36,37)/t18-,20-/m0/s1. The molecule has 41 heavy (non-hydrogen) atoms. The second-order valence-corrected chi connectivity index (χ2v) is 10.1. The molecular formula is C26H27ClN12O2. The Morgan fingerprint density at radius 1 is 1.20 bits per heavy atom. The second kappa shape index (κ2) is 12.1. The molecule has 0 bridgehead atoms. The summed E-state index contributed by atoms with van der Waals surface area (Å²) in [7, 11) is 1.31. The maximum Gasteiger partial charge on any atom is 0.407 e. The molecule has 2 aromatic heterocycles. The lowest BCUT2D eigenvalue weighted by atomic mass is 9.98. The highest BCUT2D eigenvalue weighted by Crippen LogP contribution is 2.37. The molecule has 14 nitrogen and oxygen atoms in total. The minimum absolute atomic E-state index is 0.176. The van der Waals surface area contributed by atoms with E-state index in [9.17, 15) is 15.3 Å². The number of nitrogens with zero attached hydrogens (tertiary/aromatic N) is 8. The molecule has 0 unspecified atom stereocenters. The molecule has 5 rings (SSSR count). The second-order valence-electron chi connectivity index (χ2n) is 9.73. The molecule has 3 heterocycles. The van der Waals surface area contributed by atoms with E-state index in [0.717, 1.165) is 12.8 Å². The molecule has 1 aliphatic carbocycles. The van der Waals surface area contributed by atoms with E-state index in [1.807, 2.05) is 4.90 Å². The number of rotatable bonds is 9. The molecule has 3 aromatic rings. The zero-order valence-corrected chi connectivity index (χ0v) is 22.9. The number of halogens is 1. The van der Waals surface area contributed by atoms with Crippen molar-refractivity contribution in [1.29, 1.82) is 15.8 Å². The fraction of sp³-hybridized carbons (Fsp3) is 0.423. The minimum atomic E-state index is -0.531. The van der Waals surface area contributed by atoms with E-state index in [2.05, 4.69) is 54.5 Å².